The summed E-state index contributed by atoms with van der Waals surface area (Å²) in [5.74, 6) is 1.69. The molecule has 0 aliphatic carbocycles. The van der Waals surface area contributed by atoms with Crippen molar-refractivity contribution in [3.05, 3.63) is 60.0 Å². The molecule has 0 amide bonds. The Hall–Kier alpha value is -3.20. The lowest BCUT2D eigenvalue weighted by Gasteiger charge is -2.11. The second-order valence-corrected chi connectivity index (χ2v) is 7.43. The van der Waals surface area contributed by atoms with Crippen LogP contribution >= 0.6 is 11.8 Å². The third-order valence-electron chi connectivity index (χ3n) is 4.09. The van der Waals surface area contributed by atoms with Crippen molar-refractivity contribution >= 4 is 11.8 Å². The van der Waals surface area contributed by atoms with Crippen molar-refractivity contribution in [2.45, 2.75) is 24.3 Å². The van der Waals surface area contributed by atoms with E-state index in [9.17, 15) is 0 Å². The molecular formula is C19H18N6O2S. The molecule has 0 aliphatic heterocycles. The fraction of sp³-hybridized carbons (Fsp3) is 0.211. The second-order valence-electron chi connectivity index (χ2n) is 6.12. The van der Waals surface area contributed by atoms with Gasteiger partial charge in [0.2, 0.25) is 16.9 Å². The van der Waals surface area contributed by atoms with E-state index in [1.54, 1.807) is 11.8 Å². The molecule has 4 aromatic rings. The molecule has 2 aromatic heterocycles. The summed E-state index contributed by atoms with van der Waals surface area (Å²) in [4.78, 5) is 0. The van der Waals surface area contributed by atoms with Gasteiger partial charge in [-0.25, -0.2) is 0 Å². The molecule has 0 bridgehead atoms. The Morgan fingerprint density at radius 3 is 2.68 bits per heavy atom. The summed E-state index contributed by atoms with van der Waals surface area (Å²) >= 11 is 1.43. The molecule has 2 heterocycles. The number of thioether (sulfide) groups is 1. The van der Waals surface area contributed by atoms with E-state index in [0.717, 1.165) is 16.8 Å². The fourth-order valence-corrected chi connectivity index (χ4v) is 3.50. The molecule has 0 spiro atoms. The van der Waals surface area contributed by atoms with E-state index >= 15 is 0 Å². The van der Waals surface area contributed by atoms with Crippen molar-refractivity contribution in [3.63, 3.8) is 0 Å². The molecule has 0 radical (unpaired) electrons. The minimum Gasteiger partial charge on any atom is -0.494 e. The maximum absolute atomic E-state index is 5.84. The first-order valence-electron chi connectivity index (χ1n) is 8.64. The molecule has 2 aromatic carbocycles. The van der Waals surface area contributed by atoms with E-state index < -0.39 is 0 Å². The molecule has 9 heteroatoms. The van der Waals surface area contributed by atoms with Crippen LogP contribution in [0.2, 0.25) is 0 Å². The van der Waals surface area contributed by atoms with Crippen LogP contribution in [0.3, 0.4) is 0 Å². The first-order chi connectivity index (χ1) is 13.7. The number of ether oxygens (including phenoxy) is 1. The number of aromatic nitrogens is 6. The molecule has 1 atom stereocenters. The average Bonchev–Trinajstić information content (AvgIpc) is 3.38. The third kappa shape index (κ3) is 3.61. The van der Waals surface area contributed by atoms with Crippen LogP contribution in [0.4, 0.5) is 0 Å². The number of nitrogens with zero attached hydrogens (tertiary/aromatic N) is 6. The van der Waals surface area contributed by atoms with Gasteiger partial charge in [0, 0.05) is 5.56 Å². The highest BCUT2D eigenvalue weighted by atomic mass is 32.2. The molecule has 142 valence electrons. The standard InChI is InChI=1S/C19H18N6O2S/c1-12-9-10-16(26-3)15(11-12)25-19(22-23-24-25)28-13(2)17-20-21-18(27-17)14-7-5-4-6-8-14/h4-11,13H,1-3H3/t13-/m1/s1. The van der Waals surface area contributed by atoms with Gasteiger partial charge in [-0.3, -0.25) is 0 Å². The molecule has 0 saturated carbocycles. The monoisotopic (exact) mass is 394 g/mol. The largest absolute Gasteiger partial charge is 0.494 e. The summed E-state index contributed by atoms with van der Waals surface area (Å²) in [5, 5.41) is 20.9. The van der Waals surface area contributed by atoms with Gasteiger partial charge in [0.05, 0.1) is 12.4 Å². The van der Waals surface area contributed by atoms with E-state index in [2.05, 4.69) is 25.7 Å². The average molecular weight is 394 g/mol. The predicted octanol–water partition coefficient (Wildman–Crippen LogP) is 3.88. The minimum absolute atomic E-state index is 0.134. The molecule has 0 saturated heterocycles. The van der Waals surface area contributed by atoms with Gasteiger partial charge in [-0.05, 0) is 54.1 Å². The lowest BCUT2D eigenvalue weighted by Crippen LogP contribution is -2.03. The number of rotatable bonds is 6. The van der Waals surface area contributed by atoms with Crippen LogP contribution < -0.4 is 4.74 Å². The van der Waals surface area contributed by atoms with Crippen LogP contribution in [0.15, 0.2) is 58.1 Å². The van der Waals surface area contributed by atoms with Gasteiger partial charge in [-0.2, -0.15) is 4.68 Å². The van der Waals surface area contributed by atoms with Crippen LogP contribution in [-0.2, 0) is 0 Å². The zero-order chi connectivity index (χ0) is 19.5. The second kappa shape index (κ2) is 7.81. The normalized spacial score (nSPS) is 12.1. The molecular weight excluding hydrogens is 376 g/mol. The van der Waals surface area contributed by atoms with E-state index in [1.807, 2.05) is 62.4 Å². The lowest BCUT2D eigenvalue weighted by atomic mass is 10.2. The van der Waals surface area contributed by atoms with E-state index in [4.69, 9.17) is 9.15 Å². The summed E-state index contributed by atoms with van der Waals surface area (Å²) in [6, 6.07) is 15.5. The van der Waals surface area contributed by atoms with Gasteiger partial charge in [0.25, 0.3) is 0 Å². The Morgan fingerprint density at radius 1 is 1.07 bits per heavy atom. The summed E-state index contributed by atoms with van der Waals surface area (Å²) in [6.45, 7) is 3.98. The van der Waals surface area contributed by atoms with Gasteiger partial charge < -0.3 is 9.15 Å². The van der Waals surface area contributed by atoms with Crippen molar-refractivity contribution in [2.24, 2.45) is 0 Å². The Bertz CT molecular complexity index is 1080. The van der Waals surface area contributed by atoms with Gasteiger partial charge >= 0.3 is 0 Å². The summed E-state index contributed by atoms with van der Waals surface area (Å²) in [5.41, 5.74) is 2.74. The van der Waals surface area contributed by atoms with Crippen molar-refractivity contribution in [3.8, 4) is 22.9 Å². The van der Waals surface area contributed by atoms with Crippen LogP contribution in [0, 0.1) is 6.92 Å². The summed E-state index contributed by atoms with van der Waals surface area (Å²) in [7, 11) is 1.62. The number of benzene rings is 2. The Balaban J connectivity index is 1.59. The number of tetrazole rings is 1. The molecule has 0 aliphatic rings. The Labute approximate surface area is 165 Å². The number of methoxy groups -OCH3 is 1. The van der Waals surface area contributed by atoms with Gasteiger partial charge in [0.1, 0.15) is 11.4 Å². The Kier molecular flexibility index (Phi) is 5.07. The van der Waals surface area contributed by atoms with Crippen molar-refractivity contribution in [2.75, 3.05) is 7.11 Å². The molecule has 0 N–H and O–H groups in total. The molecule has 8 nitrogen and oxygen atoms in total. The van der Waals surface area contributed by atoms with Gasteiger partial charge in [-0.15, -0.1) is 15.3 Å². The smallest absolute Gasteiger partial charge is 0.247 e. The third-order valence-corrected chi connectivity index (χ3v) is 5.12. The van der Waals surface area contributed by atoms with Crippen LogP contribution in [-0.4, -0.2) is 37.5 Å². The van der Waals surface area contributed by atoms with E-state index in [1.165, 1.54) is 11.8 Å². The van der Waals surface area contributed by atoms with Gasteiger partial charge in [0.15, 0.2) is 0 Å². The predicted molar refractivity (Wildman–Crippen MR) is 104 cm³/mol. The van der Waals surface area contributed by atoms with E-state index in [-0.39, 0.29) is 5.25 Å². The van der Waals surface area contributed by atoms with Crippen molar-refractivity contribution < 1.29 is 9.15 Å². The SMILES string of the molecule is COc1ccc(C)cc1-n1nnnc1S[C@H](C)c1nnc(-c2ccccc2)o1. The zero-order valence-corrected chi connectivity index (χ0v) is 16.4. The zero-order valence-electron chi connectivity index (χ0n) is 15.6. The van der Waals surface area contributed by atoms with Crippen LogP contribution in [0.1, 0.15) is 23.6 Å². The fourth-order valence-electron chi connectivity index (χ4n) is 2.67. The van der Waals surface area contributed by atoms with Crippen LogP contribution in [0.5, 0.6) is 5.75 Å². The quantitative estimate of drug-likeness (QED) is 0.455. The Morgan fingerprint density at radius 2 is 1.89 bits per heavy atom. The highest BCUT2D eigenvalue weighted by molar-refractivity contribution is 7.99. The molecule has 0 fully saturated rings. The summed E-state index contributed by atoms with van der Waals surface area (Å²) in [6.07, 6.45) is 0. The molecule has 4 rings (SSSR count). The summed E-state index contributed by atoms with van der Waals surface area (Å²) < 4.78 is 13.0. The maximum Gasteiger partial charge on any atom is 0.247 e. The number of hydrogen-bond acceptors (Lipinski definition) is 8. The first kappa shape index (κ1) is 18.2. The van der Waals surface area contributed by atoms with Gasteiger partial charge in [-0.1, -0.05) is 36.0 Å². The first-order valence-corrected chi connectivity index (χ1v) is 9.52. The lowest BCUT2D eigenvalue weighted by molar-refractivity contribution is 0.410. The maximum atomic E-state index is 5.84. The number of aryl methyl sites for hydroxylation is 1. The van der Waals surface area contributed by atoms with E-state index in [0.29, 0.717) is 22.7 Å². The highest BCUT2D eigenvalue weighted by Gasteiger charge is 2.21. The van der Waals surface area contributed by atoms with Crippen molar-refractivity contribution in [1.82, 2.24) is 30.4 Å². The molecule has 28 heavy (non-hydrogen) atoms. The topological polar surface area (TPSA) is 91.8 Å². The van der Waals surface area contributed by atoms with Crippen molar-refractivity contribution in [1.29, 1.82) is 0 Å². The number of hydrogen-bond donors (Lipinski definition) is 0. The van der Waals surface area contributed by atoms with Crippen LogP contribution in [0.25, 0.3) is 17.1 Å². The minimum atomic E-state index is -0.134. The highest BCUT2D eigenvalue weighted by Crippen LogP contribution is 2.35. The molecule has 0 unspecified atom stereocenters.